The van der Waals surface area contributed by atoms with Gasteiger partial charge in [-0.05, 0) is 48.8 Å². The molecule has 2 aromatic rings. The predicted molar refractivity (Wildman–Crippen MR) is 124 cm³/mol. The first-order chi connectivity index (χ1) is 16.5. The summed E-state index contributed by atoms with van der Waals surface area (Å²) in [5.41, 5.74) is 0.989. The number of carbonyl (C=O) groups excluding carboxylic acids is 2. The molecule has 4 fully saturated rings. The Balaban J connectivity index is 1.10. The summed E-state index contributed by atoms with van der Waals surface area (Å²) in [4.78, 5) is 25.3. The van der Waals surface area contributed by atoms with E-state index >= 15 is 0 Å². The molecule has 3 N–H and O–H groups in total. The van der Waals surface area contributed by atoms with Gasteiger partial charge in [-0.2, -0.15) is 0 Å². The first-order valence-electron chi connectivity index (χ1n) is 11.6. The van der Waals surface area contributed by atoms with Gasteiger partial charge in [-0.3, -0.25) is 14.9 Å². The van der Waals surface area contributed by atoms with Crippen LogP contribution in [0.2, 0.25) is 5.02 Å². The molecule has 2 aromatic carbocycles. The molecule has 9 heteroatoms. The van der Waals surface area contributed by atoms with Crippen molar-refractivity contribution in [2.75, 3.05) is 13.2 Å². The molecule has 1 aliphatic heterocycles. The summed E-state index contributed by atoms with van der Waals surface area (Å²) in [6.07, 6.45) is 1.76. The Hall–Kier alpha value is -2.68. The van der Waals surface area contributed by atoms with Gasteiger partial charge < -0.3 is 20.1 Å². The Bertz CT molecular complexity index is 1050. The zero-order valence-corrected chi connectivity index (χ0v) is 19.3. The fraction of sp³-hybridized carbons (Fsp3) is 0.440. The number of halogens is 2. The molecule has 2 unspecified atom stereocenters. The lowest BCUT2D eigenvalue weighted by molar-refractivity contribution is -0.134. The average molecular weight is 488 g/mol. The third-order valence-corrected chi connectivity index (χ3v) is 7.28. The highest BCUT2D eigenvalue weighted by Gasteiger charge is 2.47. The van der Waals surface area contributed by atoms with Crippen LogP contribution in [0.5, 0.6) is 5.75 Å². The standard InChI is InChI=1S/C25H27ClFN3O4/c26-18-7-6-17(10-19(18)27)33-13-23(31)29-20-11-21(16-8-15(20)9-16)30-24(32)22-12-28-25(34-22)14-4-2-1-3-5-14/h1-7,10,15-16,20-22,25,28H,8-9,11-13H2,(H,29,31)(H,30,32)/t15?,16?,20-,21+,22?,25?/m1/s1. The molecule has 2 amide bonds. The number of nitrogens with one attached hydrogen (secondary N) is 3. The van der Waals surface area contributed by atoms with Crippen LogP contribution in [0.15, 0.2) is 48.5 Å². The Morgan fingerprint density at radius 1 is 1.06 bits per heavy atom. The van der Waals surface area contributed by atoms with E-state index in [2.05, 4.69) is 16.0 Å². The third kappa shape index (κ3) is 5.04. The summed E-state index contributed by atoms with van der Waals surface area (Å²) in [5, 5.41) is 9.43. The first kappa shape index (κ1) is 23.1. The number of amides is 2. The van der Waals surface area contributed by atoms with Gasteiger partial charge in [0.05, 0.1) is 5.02 Å². The molecule has 0 radical (unpaired) electrons. The average Bonchev–Trinajstić information content (AvgIpc) is 3.30. The van der Waals surface area contributed by atoms with Crippen molar-refractivity contribution < 1.29 is 23.5 Å². The van der Waals surface area contributed by atoms with Crippen molar-refractivity contribution in [3.8, 4) is 5.75 Å². The highest BCUT2D eigenvalue weighted by Crippen LogP contribution is 2.45. The second-order valence-electron chi connectivity index (χ2n) is 9.20. The van der Waals surface area contributed by atoms with Crippen molar-refractivity contribution in [3.05, 3.63) is 64.9 Å². The lowest BCUT2D eigenvalue weighted by Crippen LogP contribution is -2.61. The van der Waals surface area contributed by atoms with E-state index in [0.717, 1.165) is 24.5 Å². The minimum absolute atomic E-state index is 0.000931. The van der Waals surface area contributed by atoms with Crippen LogP contribution in [0.3, 0.4) is 0 Å². The minimum Gasteiger partial charge on any atom is -0.484 e. The Morgan fingerprint density at radius 3 is 2.53 bits per heavy atom. The van der Waals surface area contributed by atoms with Crippen LogP contribution in [0.4, 0.5) is 4.39 Å². The summed E-state index contributed by atoms with van der Waals surface area (Å²) in [7, 11) is 0. The fourth-order valence-electron chi connectivity index (χ4n) is 5.07. The predicted octanol–water partition coefficient (Wildman–Crippen LogP) is 2.94. The largest absolute Gasteiger partial charge is 0.484 e. The maximum absolute atomic E-state index is 13.5. The number of benzene rings is 2. The summed E-state index contributed by atoms with van der Waals surface area (Å²) in [6.45, 7) is 0.238. The molecule has 4 aliphatic rings. The van der Waals surface area contributed by atoms with Gasteiger partial charge in [0.15, 0.2) is 12.7 Å². The summed E-state index contributed by atoms with van der Waals surface area (Å²) in [5.74, 6) is 0.0804. The van der Waals surface area contributed by atoms with Gasteiger partial charge in [0, 0.05) is 24.7 Å². The molecule has 1 heterocycles. The quantitative estimate of drug-likeness (QED) is 0.559. The Labute approximate surface area is 202 Å². The number of fused-ring (bicyclic) bond motifs is 2. The molecular formula is C25H27ClFN3O4. The lowest BCUT2D eigenvalue weighted by Gasteiger charge is -2.51. The summed E-state index contributed by atoms with van der Waals surface area (Å²) in [6, 6.07) is 13.8. The summed E-state index contributed by atoms with van der Waals surface area (Å²) >= 11 is 5.67. The molecule has 6 rings (SSSR count). The summed E-state index contributed by atoms with van der Waals surface area (Å²) < 4.78 is 24.9. The van der Waals surface area contributed by atoms with Crippen LogP contribution in [0, 0.1) is 17.7 Å². The lowest BCUT2D eigenvalue weighted by atomic mass is 9.60. The maximum atomic E-state index is 13.5. The number of hydrogen-bond donors (Lipinski definition) is 3. The molecule has 7 nitrogen and oxygen atoms in total. The second-order valence-corrected chi connectivity index (χ2v) is 9.61. The molecule has 0 aromatic heterocycles. The van der Waals surface area contributed by atoms with E-state index in [1.807, 2.05) is 30.3 Å². The van der Waals surface area contributed by atoms with Crippen molar-refractivity contribution >= 4 is 23.4 Å². The van der Waals surface area contributed by atoms with Gasteiger partial charge in [0.1, 0.15) is 17.8 Å². The SMILES string of the molecule is O=C(COc1ccc(Cl)c(F)c1)N[C@@H]1C[C@H](NC(=O)C2CNC(c3ccccc3)O2)C2CC1C2. The van der Waals surface area contributed by atoms with E-state index in [-0.39, 0.29) is 47.5 Å². The Kier molecular flexibility index (Phi) is 6.72. The van der Waals surface area contributed by atoms with E-state index in [1.165, 1.54) is 12.1 Å². The Morgan fingerprint density at radius 2 is 1.79 bits per heavy atom. The van der Waals surface area contributed by atoms with Crippen molar-refractivity contribution in [2.24, 2.45) is 11.8 Å². The maximum Gasteiger partial charge on any atom is 0.258 e. The van der Waals surface area contributed by atoms with Gasteiger partial charge in [-0.15, -0.1) is 0 Å². The smallest absolute Gasteiger partial charge is 0.258 e. The van der Waals surface area contributed by atoms with Gasteiger partial charge in [-0.1, -0.05) is 41.9 Å². The molecule has 180 valence electrons. The second kappa shape index (κ2) is 9.90. The van der Waals surface area contributed by atoms with E-state index in [1.54, 1.807) is 0 Å². The van der Waals surface area contributed by atoms with Gasteiger partial charge in [0.25, 0.3) is 11.8 Å². The third-order valence-electron chi connectivity index (χ3n) is 6.98. The molecule has 0 spiro atoms. The van der Waals surface area contributed by atoms with Gasteiger partial charge in [-0.25, -0.2) is 4.39 Å². The van der Waals surface area contributed by atoms with Crippen LogP contribution >= 0.6 is 11.6 Å². The van der Waals surface area contributed by atoms with Crippen LogP contribution in [0.25, 0.3) is 0 Å². The molecule has 4 atom stereocenters. The van der Waals surface area contributed by atoms with Crippen LogP contribution in [0.1, 0.15) is 31.1 Å². The molecule has 1 saturated heterocycles. The topological polar surface area (TPSA) is 88.7 Å². The van der Waals surface area contributed by atoms with Crippen LogP contribution in [-0.4, -0.2) is 43.2 Å². The normalized spacial score (nSPS) is 29.7. The molecule has 3 aliphatic carbocycles. The molecule has 34 heavy (non-hydrogen) atoms. The first-order valence-corrected chi connectivity index (χ1v) is 12.0. The van der Waals surface area contributed by atoms with Crippen LogP contribution in [-0.2, 0) is 14.3 Å². The van der Waals surface area contributed by atoms with Gasteiger partial charge >= 0.3 is 0 Å². The van der Waals surface area contributed by atoms with Gasteiger partial charge in [0.2, 0.25) is 0 Å². The molecule has 3 saturated carbocycles. The van der Waals surface area contributed by atoms with E-state index in [9.17, 15) is 14.0 Å². The van der Waals surface area contributed by atoms with Crippen molar-refractivity contribution in [3.63, 3.8) is 0 Å². The number of carbonyl (C=O) groups is 2. The highest BCUT2D eigenvalue weighted by atomic mass is 35.5. The van der Waals surface area contributed by atoms with Crippen LogP contribution < -0.4 is 20.7 Å². The minimum atomic E-state index is -0.595. The van der Waals surface area contributed by atoms with E-state index < -0.39 is 11.9 Å². The zero-order chi connectivity index (χ0) is 23.7. The zero-order valence-electron chi connectivity index (χ0n) is 18.5. The van der Waals surface area contributed by atoms with Crippen molar-refractivity contribution in [1.82, 2.24) is 16.0 Å². The van der Waals surface area contributed by atoms with Crippen molar-refractivity contribution in [1.29, 1.82) is 0 Å². The highest BCUT2D eigenvalue weighted by molar-refractivity contribution is 6.30. The van der Waals surface area contributed by atoms with Crippen molar-refractivity contribution in [2.45, 2.75) is 43.7 Å². The number of rotatable bonds is 7. The monoisotopic (exact) mass is 487 g/mol. The number of hydrogen-bond acceptors (Lipinski definition) is 5. The van der Waals surface area contributed by atoms with E-state index in [4.69, 9.17) is 21.1 Å². The number of ether oxygens (including phenoxy) is 2. The fourth-order valence-corrected chi connectivity index (χ4v) is 5.19. The molecular weight excluding hydrogens is 461 g/mol. The van der Waals surface area contributed by atoms with E-state index in [0.29, 0.717) is 24.8 Å². The molecule has 2 bridgehead atoms.